The molecule has 1 atom stereocenters. The molecular weight excluding hydrogens is 396 g/mol. The van der Waals surface area contributed by atoms with E-state index in [0.717, 1.165) is 18.4 Å². The van der Waals surface area contributed by atoms with Crippen molar-refractivity contribution in [3.05, 3.63) is 40.9 Å². The first-order valence-electron chi connectivity index (χ1n) is 8.98. The summed E-state index contributed by atoms with van der Waals surface area (Å²) in [6.45, 7) is 1.40. The third-order valence-corrected chi connectivity index (χ3v) is 6.79. The molecule has 1 aromatic carbocycles. The Labute approximate surface area is 169 Å². The summed E-state index contributed by atoms with van der Waals surface area (Å²) in [5.74, 6) is 2.30. The molecule has 0 radical (unpaired) electrons. The Hall–Kier alpha value is -2.21. The van der Waals surface area contributed by atoms with Crippen molar-refractivity contribution in [1.29, 1.82) is 0 Å². The molecule has 1 saturated heterocycles. The van der Waals surface area contributed by atoms with Gasteiger partial charge < -0.3 is 10.1 Å². The zero-order valence-corrected chi connectivity index (χ0v) is 17.2. The molecule has 0 spiro atoms. The number of nitrogens with one attached hydrogen (secondary N) is 1. The number of benzene rings is 1. The molecule has 2 aromatic rings. The van der Waals surface area contributed by atoms with Gasteiger partial charge in [0.15, 0.2) is 15.0 Å². The molecule has 2 heterocycles. The Balaban J connectivity index is 1.83. The second-order valence-corrected chi connectivity index (χ2v) is 9.89. The van der Waals surface area contributed by atoms with E-state index in [-0.39, 0.29) is 10.8 Å². The van der Waals surface area contributed by atoms with Gasteiger partial charge in [-0.25, -0.2) is 13.4 Å². The molecule has 148 valence electrons. The van der Waals surface area contributed by atoms with Crippen LogP contribution < -0.4 is 5.32 Å². The first-order valence-corrected chi connectivity index (χ1v) is 11.7. The molecule has 1 aliphatic rings. The Kier molecular flexibility index (Phi) is 6.50. The summed E-state index contributed by atoms with van der Waals surface area (Å²) < 4.78 is 28.9. The second-order valence-electron chi connectivity index (χ2n) is 6.85. The monoisotopic (exact) mass is 418 g/mol. The number of rotatable bonds is 6. The zero-order chi connectivity index (χ0) is 20.1. The maximum atomic E-state index is 13.0. The van der Waals surface area contributed by atoms with E-state index in [1.165, 1.54) is 17.6 Å². The maximum absolute atomic E-state index is 13.0. The molecule has 0 saturated carbocycles. The number of amides is 1. The van der Waals surface area contributed by atoms with E-state index in [1.807, 2.05) is 0 Å². The van der Waals surface area contributed by atoms with Crippen LogP contribution in [0.5, 0.6) is 0 Å². The third kappa shape index (κ3) is 5.19. The molecule has 1 aliphatic heterocycles. The number of anilines is 1. The number of sulfone groups is 1. The van der Waals surface area contributed by atoms with Gasteiger partial charge in [0.1, 0.15) is 0 Å². The second kappa shape index (κ2) is 8.86. The zero-order valence-electron chi connectivity index (χ0n) is 15.6. The van der Waals surface area contributed by atoms with E-state index in [9.17, 15) is 13.2 Å². The van der Waals surface area contributed by atoms with Crippen LogP contribution in [-0.2, 0) is 19.4 Å². The Morgan fingerprint density at radius 2 is 2.04 bits per heavy atom. The highest BCUT2D eigenvalue weighted by molar-refractivity contribution is 7.90. The lowest BCUT2D eigenvalue weighted by molar-refractivity contribution is -0.118. The largest absolute Gasteiger partial charge is 0.381 e. The van der Waals surface area contributed by atoms with Crippen LogP contribution in [0.15, 0.2) is 35.4 Å². The topological polar surface area (TPSA) is 85.4 Å². The van der Waals surface area contributed by atoms with E-state index in [4.69, 9.17) is 11.2 Å². The normalized spacial score (nSPS) is 16.3. The fourth-order valence-electron chi connectivity index (χ4n) is 3.25. The van der Waals surface area contributed by atoms with E-state index in [2.05, 4.69) is 16.2 Å². The molecule has 1 unspecified atom stereocenters. The first kappa shape index (κ1) is 20.5. The predicted octanol–water partition coefficient (Wildman–Crippen LogP) is 3.07. The number of hydrogen-bond donors (Lipinski definition) is 1. The van der Waals surface area contributed by atoms with Gasteiger partial charge in [0.05, 0.1) is 21.9 Å². The van der Waals surface area contributed by atoms with Gasteiger partial charge in [-0.3, -0.25) is 4.79 Å². The molecule has 1 amide bonds. The Bertz CT molecular complexity index is 968. The van der Waals surface area contributed by atoms with Gasteiger partial charge in [0.25, 0.3) is 0 Å². The van der Waals surface area contributed by atoms with Crippen molar-refractivity contribution in [3.63, 3.8) is 0 Å². The van der Waals surface area contributed by atoms with Crippen LogP contribution in [0.3, 0.4) is 0 Å². The molecule has 3 rings (SSSR count). The van der Waals surface area contributed by atoms with Gasteiger partial charge in [0.2, 0.25) is 5.91 Å². The van der Waals surface area contributed by atoms with Crippen LogP contribution in [0.25, 0.3) is 0 Å². The van der Waals surface area contributed by atoms with Crippen LogP contribution in [0.1, 0.15) is 35.6 Å². The van der Waals surface area contributed by atoms with Crippen molar-refractivity contribution >= 4 is 32.2 Å². The lowest BCUT2D eigenvalue weighted by Gasteiger charge is -2.26. The molecule has 0 aliphatic carbocycles. The van der Waals surface area contributed by atoms with E-state index in [0.29, 0.717) is 35.6 Å². The van der Waals surface area contributed by atoms with Gasteiger partial charge in [-0.1, -0.05) is 29.4 Å². The van der Waals surface area contributed by atoms with Crippen molar-refractivity contribution < 1.29 is 17.9 Å². The van der Waals surface area contributed by atoms with Crippen LogP contribution in [0.4, 0.5) is 5.13 Å². The van der Waals surface area contributed by atoms with Gasteiger partial charge in [-0.2, -0.15) is 0 Å². The summed E-state index contributed by atoms with van der Waals surface area (Å²) in [5, 5.41) is 3.31. The van der Waals surface area contributed by atoms with Crippen LogP contribution in [0.2, 0.25) is 0 Å². The summed E-state index contributed by atoms with van der Waals surface area (Å²) in [6.07, 6.45) is 10.6. The Morgan fingerprint density at radius 3 is 2.61 bits per heavy atom. The van der Waals surface area contributed by atoms with E-state index < -0.39 is 15.8 Å². The van der Waals surface area contributed by atoms with E-state index in [1.54, 1.807) is 30.5 Å². The number of thiazole rings is 1. The Morgan fingerprint density at radius 1 is 1.36 bits per heavy atom. The summed E-state index contributed by atoms with van der Waals surface area (Å²) in [4.78, 5) is 18.0. The number of hydrogen-bond acceptors (Lipinski definition) is 6. The van der Waals surface area contributed by atoms with Crippen molar-refractivity contribution in [2.24, 2.45) is 5.92 Å². The lowest BCUT2D eigenvalue weighted by Crippen LogP contribution is -2.26. The third-order valence-electron chi connectivity index (χ3n) is 4.82. The van der Waals surface area contributed by atoms with Gasteiger partial charge in [0, 0.05) is 19.5 Å². The molecule has 6 nitrogen and oxygen atoms in total. The van der Waals surface area contributed by atoms with Crippen molar-refractivity contribution in [2.75, 3.05) is 24.8 Å². The summed E-state index contributed by atoms with van der Waals surface area (Å²) in [5.41, 5.74) is 0.783. The average Bonchev–Trinajstić information content (AvgIpc) is 3.14. The number of carbonyl (C=O) groups excluding carboxylic acids is 1. The predicted molar refractivity (Wildman–Crippen MR) is 109 cm³/mol. The summed E-state index contributed by atoms with van der Waals surface area (Å²) in [6, 6.07) is 6.53. The molecule has 8 heteroatoms. The minimum absolute atomic E-state index is 0.170. The number of aromatic nitrogens is 1. The minimum atomic E-state index is -3.29. The molecule has 0 bridgehead atoms. The summed E-state index contributed by atoms with van der Waals surface area (Å²) >= 11 is 1.25. The van der Waals surface area contributed by atoms with Gasteiger partial charge in [-0.15, -0.1) is 6.42 Å². The fraction of sp³-hybridized carbons (Fsp3) is 0.400. The van der Waals surface area contributed by atoms with Crippen LogP contribution in [-0.4, -0.2) is 38.8 Å². The van der Waals surface area contributed by atoms with Gasteiger partial charge in [-0.05, 0) is 42.9 Å². The van der Waals surface area contributed by atoms with Gasteiger partial charge >= 0.3 is 0 Å². The molecule has 1 fully saturated rings. The number of carbonyl (C=O) groups is 1. The highest BCUT2D eigenvalue weighted by Crippen LogP contribution is 2.31. The quantitative estimate of drug-likeness (QED) is 0.729. The summed E-state index contributed by atoms with van der Waals surface area (Å²) in [7, 11) is -3.29. The fourth-order valence-corrected chi connectivity index (χ4v) is 4.51. The number of ether oxygens (including phenoxy) is 1. The standard InChI is InChI=1S/C20H22N2O4S2/c1-3-16-13-21-20(27-16)22-19(23)18(12-14-8-10-26-11-9-14)15-4-6-17(7-5-15)28(2,24)25/h1,4-7,13-14,18H,8-12H2,2H3,(H,21,22,23). The highest BCUT2D eigenvalue weighted by atomic mass is 32.2. The number of terminal acetylenes is 1. The maximum Gasteiger partial charge on any atom is 0.233 e. The molecule has 28 heavy (non-hydrogen) atoms. The molecular formula is C20H22N2O4S2. The SMILES string of the molecule is C#Cc1cnc(NC(=O)C(CC2CCOCC2)c2ccc(S(C)(=O)=O)cc2)s1. The lowest BCUT2D eigenvalue weighted by atomic mass is 9.84. The molecule has 1 N–H and O–H groups in total. The first-order chi connectivity index (χ1) is 13.4. The van der Waals surface area contributed by atoms with Crippen molar-refractivity contribution in [3.8, 4) is 12.3 Å². The smallest absolute Gasteiger partial charge is 0.233 e. The van der Waals surface area contributed by atoms with Crippen LogP contribution >= 0.6 is 11.3 Å². The molecule has 1 aromatic heterocycles. The average molecular weight is 419 g/mol. The van der Waals surface area contributed by atoms with E-state index >= 15 is 0 Å². The van der Waals surface area contributed by atoms with Crippen molar-refractivity contribution in [2.45, 2.75) is 30.1 Å². The highest BCUT2D eigenvalue weighted by Gasteiger charge is 2.27. The number of nitrogens with zero attached hydrogens (tertiary/aromatic N) is 1. The van der Waals surface area contributed by atoms with Crippen molar-refractivity contribution in [1.82, 2.24) is 4.98 Å². The minimum Gasteiger partial charge on any atom is -0.381 e. The van der Waals surface area contributed by atoms with Crippen LogP contribution in [0, 0.1) is 18.3 Å².